The smallest absolute Gasteiger partial charge is 0.139 e. The molecular weight excluding hydrogens is 568 g/mol. The topological polar surface area (TPSA) is 36.9 Å². The molecule has 46 heavy (non-hydrogen) atoms. The van der Waals surface area contributed by atoms with Gasteiger partial charge in [-0.1, -0.05) is 155 Å². The van der Waals surface area contributed by atoms with Crippen molar-refractivity contribution in [3.63, 3.8) is 0 Å². The van der Waals surface area contributed by atoms with E-state index in [0.717, 1.165) is 70.2 Å². The molecule has 0 unspecified atom stereocenters. The van der Waals surface area contributed by atoms with Crippen molar-refractivity contribution >= 4 is 21.5 Å². The van der Waals surface area contributed by atoms with E-state index >= 15 is 0 Å². The Morgan fingerprint density at radius 1 is 0.348 bits per heavy atom. The molecule has 258 valence electrons. The minimum atomic E-state index is 0.694. The fourth-order valence-corrected chi connectivity index (χ4v) is 6.24. The molecule has 0 saturated carbocycles. The van der Waals surface area contributed by atoms with Crippen molar-refractivity contribution in [2.45, 2.75) is 156 Å². The molecule has 0 saturated heterocycles. The summed E-state index contributed by atoms with van der Waals surface area (Å²) >= 11 is 0. The molecule has 0 aliphatic carbocycles. The van der Waals surface area contributed by atoms with Crippen molar-refractivity contribution in [3.05, 3.63) is 36.4 Å². The number of hydrogen-bond acceptors (Lipinski definition) is 4. The Morgan fingerprint density at radius 2 is 0.652 bits per heavy atom. The zero-order chi connectivity index (χ0) is 32.7. The van der Waals surface area contributed by atoms with Gasteiger partial charge in [-0.2, -0.15) is 0 Å². The molecular formula is C42H66O4. The van der Waals surface area contributed by atoms with Gasteiger partial charge in [0, 0.05) is 10.8 Å². The summed E-state index contributed by atoms with van der Waals surface area (Å²) in [5.74, 6) is 3.57. The van der Waals surface area contributed by atoms with Gasteiger partial charge in [-0.3, -0.25) is 0 Å². The van der Waals surface area contributed by atoms with Crippen LogP contribution in [0, 0.1) is 0 Å². The van der Waals surface area contributed by atoms with Crippen molar-refractivity contribution in [3.8, 4) is 23.0 Å². The lowest BCUT2D eigenvalue weighted by Crippen LogP contribution is -2.06. The van der Waals surface area contributed by atoms with E-state index in [-0.39, 0.29) is 0 Å². The van der Waals surface area contributed by atoms with E-state index in [2.05, 4.69) is 64.1 Å². The molecule has 0 heterocycles. The SMILES string of the molecule is CCCCCCCOc1ccc(OCCCCCCC)c2c(OCCCCCCC)c3ccccc3c(OCCCCCCC)c12. The third-order valence-electron chi connectivity index (χ3n) is 9.00. The summed E-state index contributed by atoms with van der Waals surface area (Å²) in [4.78, 5) is 0. The van der Waals surface area contributed by atoms with Gasteiger partial charge in [0.15, 0.2) is 0 Å². The Kier molecular flexibility index (Phi) is 19.5. The predicted octanol–water partition coefficient (Wildman–Crippen LogP) is 13.4. The Labute approximate surface area is 281 Å². The van der Waals surface area contributed by atoms with Crippen molar-refractivity contribution in [2.75, 3.05) is 26.4 Å². The number of unbranched alkanes of at least 4 members (excludes halogenated alkanes) is 16. The molecule has 0 spiro atoms. The van der Waals surface area contributed by atoms with Gasteiger partial charge in [0.1, 0.15) is 23.0 Å². The lowest BCUT2D eigenvalue weighted by atomic mass is 9.98. The Morgan fingerprint density at radius 3 is 0.978 bits per heavy atom. The second kappa shape index (κ2) is 23.7. The molecule has 3 aromatic rings. The lowest BCUT2D eigenvalue weighted by Gasteiger charge is -2.22. The molecule has 0 N–H and O–H groups in total. The minimum absolute atomic E-state index is 0.694. The van der Waals surface area contributed by atoms with Crippen molar-refractivity contribution in [1.29, 1.82) is 0 Å². The highest BCUT2D eigenvalue weighted by Gasteiger charge is 2.23. The first-order valence-corrected chi connectivity index (χ1v) is 19.3. The number of rotatable bonds is 28. The van der Waals surface area contributed by atoms with Gasteiger partial charge < -0.3 is 18.9 Å². The molecule has 4 heteroatoms. The van der Waals surface area contributed by atoms with E-state index in [0.29, 0.717) is 26.4 Å². The standard InChI is InChI=1S/C42H66O4/c1-5-9-13-17-23-31-43-37-29-30-38(44-32-24-18-14-10-6-2)40-39(37)41(45-33-25-19-15-11-7-3)35-27-21-22-28-36(35)42(40)46-34-26-20-16-12-8-4/h21-22,27-30H,5-20,23-26,31-34H2,1-4H3. The maximum absolute atomic E-state index is 6.77. The molecule has 0 radical (unpaired) electrons. The summed E-state index contributed by atoms with van der Waals surface area (Å²) in [5, 5.41) is 4.19. The molecule has 0 bridgehead atoms. The fraction of sp³-hybridized carbons (Fsp3) is 0.667. The molecule has 0 aliphatic heterocycles. The average molecular weight is 635 g/mol. The molecule has 0 amide bonds. The Bertz CT molecular complexity index is 1130. The monoisotopic (exact) mass is 634 g/mol. The van der Waals surface area contributed by atoms with Gasteiger partial charge in [0.25, 0.3) is 0 Å². The van der Waals surface area contributed by atoms with Crippen LogP contribution in [0.3, 0.4) is 0 Å². The molecule has 0 aromatic heterocycles. The van der Waals surface area contributed by atoms with Crippen LogP contribution >= 0.6 is 0 Å². The third kappa shape index (κ3) is 12.5. The van der Waals surface area contributed by atoms with E-state index in [1.54, 1.807) is 0 Å². The van der Waals surface area contributed by atoms with Gasteiger partial charge in [-0.15, -0.1) is 0 Å². The quantitative estimate of drug-likeness (QED) is 0.0588. The molecule has 3 rings (SSSR count). The summed E-state index contributed by atoms with van der Waals surface area (Å²) in [6, 6.07) is 12.8. The van der Waals surface area contributed by atoms with Gasteiger partial charge in [-0.25, -0.2) is 0 Å². The van der Waals surface area contributed by atoms with Crippen LogP contribution in [0.4, 0.5) is 0 Å². The summed E-state index contributed by atoms with van der Waals surface area (Å²) < 4.78 is 26.8. The number of ether oxygens (including phenoxy) is 4. The second-order valence-electron chi connectivity index (χ2n) is 13.1. The van der Waals surface area contributed by atoms with Crippen LogP contribution in [0.25, 0.3) is 21.5 Å². The highest BCUT2D eigenvalue weighted by Crippen LogP contribution is 2.50. The molecule has 0 fully saturated rings. The van der Waals surface area contributed by atoms with E-state index in [9.17, 15) is 0 Å². The van der Waals surface area contributed by atoms with Crippen LogP contribution in [0.5, 0.6) is 23.0 Å². The van der Waals surface area contributed by atoms with Crippen LogP contribution in [-0.2, 0) is 0 Å². The summed E-state index contributed by atoms with van der Waals surface area (Å²) in [5.41, 5.74) is 0. The fourth-order valence-electron chi connectivity index (χ4n) is 6.24. The first-order valence-electron chi connectivity index (χ1n) is 19.3. The zero-order valence-corrected chi connectivity index (χ0v) is 30.1. The van der Waals surface area contributed by atoms with Gasteiger partial charge in [0.05, 0.1) is 37.2 Å². The molecule has 4 nitrogen and oxygen atoms in total. The first-order chi connectivity index (χ1) is 22.8. The average Bonchev–Trinajstić information content (AvgIpc) is 3.08. The number of hydrogen-bond donors (Lipinski definition) is 0. The van der Waals surface area contributed by atoms with Gasteiger partial charge in [0.2, 0.25) is 0 Å². The molecule has 0 atom stereocenters. The Balaban J connectivity index is 2.04. The van der Waals surface area contributed by atoms with Crippen LogP contribution in [0.2, 0.25) is 0 Å². The van der Waals surface area contributed by atoms with Crippen molar-refractivity contribution in [2.24, 2.45) is 0 Å². The molecule has 3 aromatic carbocycles. The van der Waals surface area contributed by atoms with E-state index in [4.69, 9.17) is 18.9 Å². The first kappa shape index (κ1) is 37.8. The summed E-state index contributed by atoms with van der Waals surface area (Å²) in [6.45, 7) is 11.8. The zero-order valence-electron chi connectivity index (χ0n) is 30.1. The third-order valence-corrected chi connectivity index (χ3v) is 9.00. The normalized spacial score (nSPS) is 11.4. The van der Waals surface area contributed by atoms with Crippen LogP contribution < -0.4 is 18.9 Å². The maximum atomic E-state index is 6.77. The van der Waals surface area contributed by atoms with E-state index in [1.807, 2.05) is 0 Å². The lowest BCUT2D eigenvalue weighted by molar-refractivity contribution is 0.291. The highest BCUT2D eigenvalue weighted by molar-refractivity contribution is 6.15. The van der Waals surface area contributed by atoms with Gasteiger partial charge in [-0.05, 0) is 37.8 Å². The minimum Gasteiger partial charge on any atom is -0.493 e. The van der Waals surface area contributed by atoms with E-state index < -0.39 is 0 Å². The summed E-state index contributed by atoms with van der Waals surface area (Å²) in [6.07, 6.45) is 24.2. The summed E-state index contributed by atoms with van der Waals surface area (Å²) in [7, 11) is 0. The number of benzene rings is 3. The number of fused-ring (bicyclic) bond motifs is 2. The Hall–Kier alpha value is -2.62. The van der Waals surface area contributed by atoms with Crippen LogP contribution in [0.1, 0.15) is 156 Å². The largest absolute Gasteiger partial charge is 0.493 e. The second-order valence-corrected chi connectivity index (χ2v) is 13.1. The van der Waals surface area contributed by atoms with Crippen LogP contribution in [-0.4, -0.2) is 26.4 Å². The molecule has 0 aliphatic rings. The van der Waals surface area contributed by atoms with Gasteiger partial charge >= 0.3 is 0 Å². The van der Waals surface area contributed by atoms with Crippen molar-refractivity contribution < 1.29 is 18.9 Å². The van der Waals surface area contributed by atoms with Crippen LogP contribution in [0.15, 0.2) is 36.4 Å². The van der Waals surface area contributed by atoms with E-state index in [1.165, 1.54) is 103 Å². The highest BCUT2D eigenvalue weighted by atomic mass is 16.5. The predicted molar refractivity (Wildman–Crippen MR) is 198 cm³/mol. The maximum Gasteiger partial charge on any atom is 0.139 e. The van der Waals surface area contributed by atoms with Crippen molar-refractivity contribution in [1.82, 2.24) is 0 Å².